The Morgan fingerprint density at radius 3 is 2.06 bits per heavy atom. The summed E-state index contributed by atoms with van der Waals surface area (Å²) in [4.78, 5) is 14.2. The first-order valence-corrected chi connectivity index (χ1v) is 6.65. The van der Waals surface area contributed by atoms with Gasteiger partial charge in [-0.3, -0.25) is 9.69 Å². The summed E-state index contributed by atoms with van der Waals surface area (Å²) in [7, 11) is 2.11. The van der Waals surface area contributed by atoms with Crippen LogP contribution < -0.4 is 0 Å². The van der Waals surface area contributed by atoms with Crippen LogP contribution in [0.4, 0.5) is 0 Å². The van der Waals surface area contributed by atoms with Crippen LogP contribution in [-0.4, -0.2) is 30.3 Å². The van der Waals surface area contributed by atoms with Crippen LogP contribution in [0.25, 0.3) is 0 Å². The third kappa shape index (κ3) is 4.25. The molecule has 1 saturated carbocycles. The summed E-state index contributed by atoms with van der Waals surface area (Å²) in [6, 6.07) is 0.633. The predicted molar refractivity (Wildman–Crippen MR) is 68.6 cm³/mol. The molecule has 0 unspecified atom stereocenters. The van der Waals surface area contributed by atoms with E-state index in [-0.39, 0.29) is 5.41 Å². The van der Waals surface area contributed by atoms with Crippen LogP contribution in [0.2, 0.25) is 0 Å². The summed E-state index contributed by atoms with van der Waals surface area (Å²) in [6.07, 6.45) is 7.95. The number of ketones is 1. The highest BCUT2D eigenvalue weighted by Gasteiger charge is 2.25. The van der Waals surface area contributed by atoms with E-state index >= 15 is 0 Å². The molecule has 16 heavy (non-hydrogen) atoms. The fourth-order valence-corrected chi connectivity index (χ4v) is 2.29. The molecule has 0 heterocycles. The molecule has 0 amide bonds. The number of rotatable bonds is 3. The topological polar surface area (TPSA) is 20.3 Å². The molecular weight excluding hydrogens is 198 g/mol. The lowest BCUT2D eigenvalue weighted by Gasteiger charge is -2.29. The fraction of sp³-hybridized carbons (Fsp3) is 0.929. The average molecular weight is 225 g/mol. The van der Waals surface area contributed by atoms with E-state index in [9.17, 15) is 4.79 Å². The minimum atomic E-state index is -0.195. The first kappa shape index (κ1) is 13.7. The Balaban J connectivity index is 2.44. The lowest BCUT2D eigenvalue weighted by Crippen LogP contribution is -2.39. The van der Waals surface area contributed by atoms with Gasteiger partial charge in [-0.2, -0.15) is 0 Å². The Kier molecular flexibility index (Phi) is 4.97. The smallest absolute Gasteiger partial charge is 0.152 e. The van der Waals surface area contributed by atoms with Crippen molar-refractivity contribution >= 4 is 5.78 Å². The highest BCUT2D eigenvalue weighted by Crippen LogP contribution is 2.22. The second-order valence-corrected chi connectivity index (χ2v) is 6.23. The molecule has 0 N–H and O–H groups in total. The summed E-state index contributed by atoms with van der Waals surface area (Å²) in [5, 5.41) is 0. The van der Waals surface area contributed by atoms with Crippen LogP contribution in [0, 0.1) is 5.41 Å². The number of Topliss-reactive ketones (excluding diaryl/α,β-unsaturated/α-hetero) is 1. The zero-order valence-corrected chi connectivity index (χ0v) is 11.4. The molecule has 0 aromatic heterocycles. The minimum Gasteiger partial charge on any atom is -0.298 e. The largest absolute Gasteiger partial charge is 0.298 e. The van der Waals surface area contributed by atoms with Crippen LogP contribution in [0.15, 0.2) is 0 Å². The van der Waals surface area contributed by atoms with Gasteiger partial charge in [0.25, 0.3) is 0 Å². The maximum atomic E-state index is 12.0. The molecule has 1 rings (SSSR count). The second-order valence-electron chi connectivity index (χ2n) is 6.23. The van der Waals surface area contributed by atoms with Crippen molar-refractivity contribution in [1.29, 1.82) is 0 Å². The van der Waals surface area contributed by atoms with Crippen LogP contribution in [0.5, 0.6) is 0 Å². The van der Waals surface area contributed by atoms with Gasteiger partial charge in [0.1, 0.15) is 0 Å². The number of hydrogen-bond donors (Lipinski definition) is 0. The Hall–Kier alpha value is -0.370. The minimum absolute atomic E-state index is 0.195. The predicted octanol–water partition coefficient (Wildman–Crippen LogP) is 3.26. The quantitative estimate of drug-likeness (QED) is 0.687. The molecule has 1 aliphatic rings. The summed E-state index contributed by atoms with van der Waals surface area (Å²) in [5.41, 5.74) is -0.195. The van der Waals surface area contributed by atoms with E-state index in [1.807, 2.05) is 20.8 Å². The number of likely N-dealkylation sites (N-methyl/N-ethyl adjacent to an activating group) is 1. The van der Waals surface area contributed by atoms with Gasteiger partial charge in [0.2, 0.25) is 0 Å². The SMILES string of the molecule is CN(CC(=O)C(C)(C)C)C1CCCCCC1. The van der Waals surface area contributed by atoms with Crippen LogP contribution in [0.1, 0.15) is 59.3 Å². The summed E-state index contributed by atoms with van der Waals surface area (Å²) < 4.78 is 0. The Bertz CT molecular complexity index is 221. The normalized spacial score (nSPS) is 19.8. The molecule has 1 aliphatic carbocycles. The lowest BCUT2D eigenvalue weighted by atomic mass is 9.90. The fourth-order valence-electron chi connectivity index (χ4n) is 2.29. The molecule has 0 aromatic rings. The van der Waals surface area contributed by atoms with Gasteiger partial charge in [-0.05, 0) is 19.9 Å². The van der Waals surface area contributed by atoms with Gasteiger partial charge in [0.15, 0.2) is 5.78 Å². The van der Waals surface area contributed by atoms with Crippen molar-refractivity contribution in [2.45, 2.75) is 65.3 Å². The zero-order chi connectivity index (χ0) is 12.2. The van der Waals surface area contributed by atoms with Crippen LogP contribution in [0.3, 0.4) is 0 Å². The summed E-state index contributed by atoms with van der Waals surface area (Å²) >= 11 is 0. The molecule has 0 spiro atoms. The number of nitrogens with zero attached hydrogens (tertiary/aromatic N) is 1. The van der Waals surface area contributed by atoms with Gasteiger partial charge in [-0.25, -0.2) is 0 Å². The van der Waals surface area contributed by atoms with Crippen molar-refractivity contribution in [2.75, 3.05) is 13.6 Å². The molecule has 0 atom stereocenters. The molecule has 0 bridgehead atoms. The number of carbonyl (C=O) groups excluding carboxylic acids is 1. The Labute approximate surface area is 100 Å². The third-order valence-corrected chi connectivity index (χ3v) is 3.68. The first-order valence-electron chi connectivity index (χ1n) is 6.65. The maximum absolute atomic E-state index is 12.0. The second kappa shape index (κ2) is 5.81. The molecule has 1 fully saturated rings. The monoisotopic (exact) mass is 225 g/mol. The molecular formula is C14H27NO. The summed E-state index contributed by atoms with van der Waals surface area (Å²) in [6.45, 7) is 6.65. The Morgan fingerprint density at radius 1 is 1.12 bits per heavy atom. The van der Waals surface area contributed by atoms with Crippen LogP contribution in [-0.2, 0) is 4.79 Å². The number of carbonyl (C=O) groups is 1. The average Bonchev–Trinajstić information content (AvgIpc) is 2.43. The van der Waals surface area contributed by atoms with Crippen molar-refractivity contribution in [2.24, 2.45) is 5.41 Å². The van der Waals surface area contributed by atoms with Gasteiger partial charge in [-0.15, -0.1) is 0 Å². The van der Waals surface area contributed by atoms with Gasteiger partial charge >= 0.3 is 0 Å². The molecule has 0 aromatic carbocycles. The van der Waals surface area contributed by atoms with E-state index in [0.717, 1.165) is 0 Å². The molecule has 0 aliphatic heterocycles. The van der Waals surface area contributed by atoms with E-state index in [2.05, 4.69) is 11.9 Å². The zero-order valence-electron chi connectivity index (χ0n) is 11.4. The van der Waals surface area contributed by atoms with Gasteiger partial charge < -0.3 is 0 Å². The van der Waals surface area contributed by atoms with E-state index in [0.29, 0.717) is 18.4 Å². The molecule has 94 valence electrons. The van der Waals surface area contributed by atoms with Crippen molar-refractivity contribution in [3.63, 3.8) is 0 Å². The van der Waals surface area contributed by atoms with Crippen molar-refractivity contribution < 1.29 is 4.79 Å². The molecule has 2 heteroatoms. The molecule has 2 nitrogen and oxygen atoms in total. The van der Waals surface area contributed by atoms with Crippen LogP contribution >= 0.6 is 0 Å². The Morgan fingerprint density at radius 2 is 1.62 bits per heavy atom. The lowest BCUT2D eigenvalue weighted by molar-refractivity contribution is -0.127. The number of hydrogen-bond acceptors (Lipinski definition) is 2. The van der Waals surface area contributed by atoms with Gasteiger partial charge in [0, 0.05) is 11.5 Å². The van der Waals surface area contributed by atoms with Crippen molar-refractivity contribution in [3.8, 4) is 0 Å². The van der Waals surface area contributed by atoms with E-state index in [1.165, 1.54) is 38.5 Å². The first-order chi connectivity index (χ1) is 7.41. The van der Waals surface area contributed by atoms with Crippen molar-refractivity contribution in [3.05, 3.63) is 0 Å². The highest BCUT2D eigenvalue weighted by molar-refractivity contribution is 5.85. The summed E-state index contributed by atoms with van der Waals surface area (Å²) in [5.74, 6) is 0.360. The van der Waals surface area contributed by atoms with E-state index in [4.69, 9.17) is 0 Å². The molecule has 0 saturated heterocycles. The van der Waals surface area contributed by atoms with E-state index in [1.54, 1.807) is 0 Å². The highest BCUT2D eigenvalue weighted by atomic mass is 16.1. The van der Waals surface area contributed by atoms with E-state index < -0.39 is 0 Å². The van der Waals surface area contributed by atoms with Crippen molar-refractivity contribution in [1.82, 2.24) is 4.90 Å². The van der Waals surface area contributed by atoms with Gasteiger partial charge in [0.05, 0.1) is 6.54 Å². The molecule has 0 radical (unpaired) electrons. The maximum Gasteiger partial charge on any atom is 0.152 e. The third-order valence-electron chi connectivity index (χ3n) is 3.68. The standard InChI is InChI=1S/C14H27NO/c1-14(2,3)13(16)11-15(4)12-9-7-5-6-8-10-12/h12H,5-11H2,1-4H3. The van der Waals surface area contributed by atoms with Gasteiger partial charge in [-0.1, -0.05) is 46.5 Å².